The molecule has 0 bridgehead atoms. The van der Waals surface area contributed by atoms with Crippen molar-refractivity contribution >= 4 is 16.8 Å². The summed E-state index contributed by atoms with van der Waals surface area (Å²) in [6, 6.07) is 5.35. The van der Waals surface area contributed by atoms with E-state index in [2.05, 4.69) is 17.2 Å². The van der Waals surface area contributed by atoms with E-state index in [0.29, 0.717) is 16.5 Å². The van der Waals surface area contributed by atoms with Crippen molar-refractivity contribution in [3.8, 4) is 0 Å². The van der Waals surface area contributed by atoms with Crippen molar-refractivity contribution in [1.29, 1.82) is 0 Å². The lowest BCUT2D eigenvalue weighted by Crippen LogP contribution is -2.32. The summed E-state index contributed by atoms with van der Waals surface area (Å²) >= 11 is 0. The number of carbonyl (C=O) groups excluding carboxylic acids is 1. The molecular weight excluding hydrogens is 302 g/mol. The predicted octanol–water partition coefficient (Wildman–Crippen LogP) is 3.04. The Balaban J connectivity index is 1.96. The maximum Gasteiger partial charge on any atom is 0.261 e. The number of nitrogens with one attached hydrogen (secondary N) is 1. The molecule has 5 nitrogen and oxygen atoms in total. The van der Waals surface area contributed by atoms with Crippen LogP contribution in [-0.2, 0) is 13.0 Å². The molecule has 1 atom stereocenters. The van der Waals surface area contributed by atoms with Gasteiger partial charge in [-0.2, -0.15) is 0 Å². The van der Waals surface area contributed by atoms with Crippen LogP contribution < -0.4 is 10.9 Å². The standard InChI is InChI=1S/C19H25N3O2/c1-3-7-13(2)20-18(23)14-9-10-15-16(12-14)21-17-8-5-4-6-11-22(17)19(15)24/h9-10,12-13H,3-8,11H2,1-2H3,(H,20,23). The van der Waals surface area contributed by atoms with Gasteiger partial charge in [0.15, 0.2) is 0 Å². The van der Waals surface area contributed by atoms with E-state index in [1.54, 1.807) is 22.8 Å². The zero-order valence-electron chi connectivity index (χ0n) is 14.5. The molecule has 5 heteroatoms. The van der Waals surface area contributed by atoms with E-state index in [1.807, 2.05) is 6.92 Å². The van der Waals surface area contributed by atoms with E-state index in [1.165, 1.54) is 0 Å². The van der Waals surface area contributed by atoms with Gasteiger partial charge >= 0.3 is 0 Å². The van der Waals surface area contributed by atoms with Crippen molar-refractivity contribution in [3.05, 3.63) is 39.9 Å². The smallest absolute Gasteiger partial charge is 0.261 e. The summed E-state index contributed by atoms with van der Waals surface area (Å²) in [6.07, 6.45) is 6.02. The Bertz CT molecular complexity index is 810. The lowest BCUT2D eigenvalue weighted by atomic mass is 10.1. The van der Waals surface area contributed by atoms with Gasteiger partial charge in [0.25, 0.3) is 11.5 Å². The van der Waals surface area contributed by atoms with Crippen LogP contribution in [0.2, 0.25) is 0 Å². The van der Waals surface area contributed by atoms with Gasteiger partial charge in [-0.1, -0.05) is 19.8 Å². The van der Waals surface area contributed by atoms with Gasteiger partial charge in [-0.15, -0.1) is 0 Å². The molecule has 1 aliphatic heterocycles. The van der Waals surface area contributed by atoms with Crippen LogP contribution in [0, 0.1) is 0 Å². The summed E-state index contributed by atoms with van der Waals surface area (Å²) in [4.78, 5) is 29.8. The summed E-state index contributed by atoms with van der Waals surface area (Å²) in [7, 11) is 0. The molecule has 0 radical (unpaired) electrons. The van der Waals surface area contributed by atoms with Crippen LogP contribution in [-0.4, -0.2) is 21.5 Å². The molecule has 1 N–H and O–H groups in total. The lowest BCUT2D eigenvalue weighted by molar-refractivity contribution is 0.0938. The van der Waals surface area contributed by atoms with Crippen LogP contribution in [0.5, 0.6) is 0 Å². The molecule has 0 saturated carbocycles. The number of carbonyl (C=O) groups is 1. The highest BCUT2D eigenvalue weighted by Gasteiger charge is 2.16. The van der Waals surface area contributed by atoms with Gasteiger partial charge in [-0.25, -0.2) is 4.98 Å². The molecule has 1 aliphatic rings. The number of rotatable bonds is 4. The summed E-state index contributed by atoms with van der Waals surface area (Å²) in [5.74, 6) is 0.747. The number of hydrogen-bond donors (Lipinski definition) is 1. The summed E-state index contributed by atoms with van der Waals surface area (Å²) in [5, 5.41) is 3.59. The Labute approximate surface area is 142 Å². The number of benzene rings is 1. The fourth-order valence-corrected chi connectivity index (χ4v) is 3.37. The molecule has 128 valence electrons. The Morgan fingerprint density at radius 2 is 2.17 bits per heavy atom. The van der Waals surface area contributed by atoms with Crippen molar-refractivity contribution in [1.82, 2.24) is 14.9 Å². The van der Waals surface area contributed by atoms with E-state index >= 15 is 0 Å². The largest absolute Gasteiger partial charge is 0.350 e. The Kier molecular flexibility index (Phi) is 4.97. The minimum absolute atomic E-state index is 0.0169. The molecule has 0 fully saturated rings. The first-order valence-electron chi connectivity index (χ1n) is 8.94. The van der Waals surface area contributed by atoms with Crippen molar-refractivity contribution in [3.63, 3.8) is 0 Å². The maximum absolute atomic E-state index is 12.7. The molecule has 1 aromatic carbocycles. The average molecular weight is 327 g/mol. The Morgan fingerprint density at radius 3 is 2.96 bits per heavy atom. The minimum Gasteiger partial charge on any atom is -0.350 e. The number of aromatic nitrogens is 2. The first kappa shape index (κ1) is 16.7. The predicted molar refractivity (Wildman–Crippen MR) is 95.4 cm³/mol. The number of nitrogens with zero attached hydrogens (tertiary/aromatic N) is 2. The van der Waals surface area contributed by atoms with Crippen LogP contribution in [0.1, 0.15) is 62.1 Å². The average Bonchev–Trinajstić information content (AvgIpc) is 2.80. The van der Waals surface area contributed by atoms with E-state index in [9.17, 15) is 9.59 Å². The van der Waals surface area contributed by atoms with Crippen molar-refractivity contribution < 1.29 is 4.79 Å². The second-order valence-electron chi connectivity index (χ2n) is 6.69. The van der Waals surface area contributed by atoms with Crippen molar-refractivity contribution in [2.24, 2.45) is 0 Å². The van der Waals surface area contributed by atoms with E-state index in [4.69, 9.17) is 0 Å². The normalized spacial score (nSPS) is 15.6. The van der Waals surface area contributed by atoms with Crippen LogP contribution in [0.15, 0.2) is 23.0 Å². The number of aryl methyl sites for hydroxylation is 1. The number of fused-ring (bicyclic) bond motifs is 2. The third-order valence-electron chi connectivity index (χ3n) is 4.68. The summed E-state index contributed by atoms with van der Waals surface area (Å²) in [5.41, 5.74) is 1.21. The highest BCUT2D eigenvalue weighted by molar-refractivity contribution is 5.97. The van der Waals surface area contributed by atoms with Crippen molar-refractivity contribution in [2.45, 2.75) is 65.0 Å². The molecule has 0 saturated heterocycles. The Morgan fingerprint density at radius 1 is 1.33 bits per heavy atom. The summed E-state index contributed by atoms with van der Waals surface area (Å²) < 4.78 is 1.80. The van der Waals surface area contributed by atoms with Crippen LogP contribution in [0.4, 0.5) is 0 Å². The fourth-order valence-electron chi connectivity index (χ4n) is 3.37. The Hall–Kier alpha value is -2.17. The second kappa shape index (κ2) is 7.16. The van der Waals surface area contributed by atoms with Gasteiger partial charge in [0.05, 0.1) is 10.9 Å². The van der Waals surface area contributed by atoms with Gasteiger partial charge in [0.1, 0.15) is 5.82 Å². The van der Waals surface area contributed by atoms with Crippen LogP contribution >= 0.6 is 0 Å². The van der Waals surface area contributed by atoms with Crippen LogP contribution in [0.3, 0.4) is 0 Å². The highest BCUT2D eigenvalue weighted by atomic mass is 16.1. The van der Waals surface area contributed by atoms with Gasteiger partial charge in [0, 0.05) is 24.6 Å². The van der Waals surface area contributed by atoms with E-state index in [0.717, 1.165) is 50.9 Å². The minimum atomic E-state index is -0.102. The molecule has 1 amide bonds. The molecule has 2 aromatic rings. The molecule has 3 rings (SSSR count). The second-order valence-corrected chi connectivity index (χ2v) is 6.69. The maximum atomic E-state index is 12.7. The quantitative estimate of drug-likeness (QED) is 0.939. The number of hydrogen-bond acceptors (Lipinski definition) is 3. The third-order valence-corrected chi connectivity index (χ3v) is 4.68. The van der Waals surface area contributed by atoms with Gasteiger partial charge in [-0.3, -0.25) is 14.2 Å². The molecular formula is C19H25N3O2. The first-order chi connectivity index (χ1) is 11.6. The van der Waals surface area contributed by atoms with E-state index < -0.39 is 0 Å². The highest BCUT2D eigenvalue weighted by Crippen LogP contribution is 2.16. The molecule has 1 aromatic heterocycles. The zero-order valence-corrected chi connectivity index (χ0v) is 14.5. The zero-order chi connectivity index (χ0) is 17.1. The first-order valence-corrected chi connectivity index (χ1v) is 8.94. The third kappa shape index (κ3) is 3.35. The number of amides is 1. The van der Waals surface area contributed by atoms with Gasteiger partial charge < -0.3 is 5.32 Å². The molecule has 24 heavy (non-hydrogen) atoms. The molecule has 0 aliphatic carbocycles. The van der Waals surface area contributed by atoms with Gasteiger partial charge in [-0.05, 0) is 44.4 Å². The lowest BCUT2D eigenvalue weighted by Gasteiger charge is -2.14. The molecule has 0 spiro atoms. The fraction of sp³-hybridized carbons (Fsp3) is 0.526. The monoisotopic (exact) mass is 327 g/mol. The van der Waals surface area contributed by atoms with Crippen LogP contribution in [0.25, 0.3) is 10.9 Å². The topological polar surface area (TPSA) is 64.0 Å². The van der Waals surface area contributed by atoms with Crippen molar-refractivity contribution in [2.75, 3.05) is 0 Å². The van der Waals surface area contributed by atoms with Gasteiger partial charge in [0.2, 0.25) is 0 Å². The SMILES string of the molecule is CCCC(C)NC(=O)c1ccc2c(=O)n3c(nc2c1)CCCCC3. The van der Waals surface area contributed by atoms with E-state index in [-0.39, 0.29) is 17.5 Å². The molecule has 1 unspecified atom stereocenters. The molecule has 2 heterocycles. The summed E-state index contributed by atoms with van der Waals surface area (Å²) in [6.45, 7) is 4.85.